The Bertz CT molecular complexity index is 1880. The fourth-order valence-electron chi connectivity index (χ4n) is 6.18. The molecule has 258 valence electrons. The summed E-state index contributed by atoms with van der Waals surface area (Å²) in [5.41, 5.74) is 4.68. The third-order valence-electron chi connectivity index (χ3n) is 9.23. The van der Waals surface area contributed by atoms with Gasteiger partial charge in [-0.1, -0.05) is 103 Å². The summed E-state index contributed by atoms with van der Waals surface area (Å²) in [5.74, 6) is -0.803. The van der Waals surface area contributed by atoms with E-state index >= 15 is 0 Å². The molecule has 1 atom stereocenters. The Morgan fingerprint density at radius 2 is 1.49 bits per heavy atom. The van der Waals surface area contributed by atoms with E-state index < -0.39 is 28.5 Å². The van der Waals surface area contributed by atoms with E-state index in [0.29, 0.717) is 21.3 Å². The second kappa shape index (κ2) is 16.2. The first-order chi connectivity index (χ1) is 23.4. The number of nitrogens with zero attached hydrogens (tertiary/aromatic N) is 2. The van der Waals surface area contributed by atoms with Crippen molar-refractivity contribution in [3.63, 3.8) is 0 Å². The monoisotopic (exact) mass is 719 g/mol. The van der Waals surface area contributed by atoms with Crippen LogP contribution < -0.4 is 9.62 Å². The van der Waals surface area contributed by atoms with E-state index in [0.717, 1.165) is 58.7 Å². The van der Waals surface area contributed by atoms with Crippen LogP contribution in [0.4, 0.5) is 5.69 Å². The number of anilines is 1. The molecule has 1 aliphatic rings. The Labute approximate surface area is 300 Å². The number of benzene rings is 4. The number of nitrogens with one attached hydrogen (secondary N) is 1. The van der Waals surface area contributed by atoms with Gasteiger partial charge in [-0.25, -0.2) is 8.42 Å². The normalized spacial score (nSPS) is 14.2. The van der Waals surface area contributed by atoms with Gasteiger partial charge in [0.1, 0.15) is 12.6 Å². The number of halogens is 2. The molecule has 0 saturated heterocycles. The maximum atomic E-state index is 14.8. The lowest BCUT2D eigenvalue weighted by Crippen LogP contribution is -2.55. The average molecular weight is 721 g/mol. The van der Waals surface area contributed by atoms with Gasteiger partial charge < -0.3 is 10.2 Å². The van der Waals surface area contributed by atoms with Crippen molar-refractivity contribution in [2.45, 2.75) is 82.8 Å². The minimum absolute atomic E-state index is 0.00963. The van der Waals surface area contributed by atoms with Gasteiger partial charge in [0, 0.05) is 19.0 Å². The van der Waals surface area contributed by atoms with Gasteiger partial charge >= 0.3 is 0 Å². The molecule has 2 amide bonds. The first-order valence-corrected chi connectivity index (χ1v) is 18.9. The summed E-state index contributed by atoms with van der Waals surface area (Å²) in [6.07, 6.45) is 5.18. The molecule has 0 aromatic heterocycles. The third kappa shape index (κ3) is 9.24. The highest BCUT2D eigenvalue weighted by molar-refractivity contribution is 7.92. The number of carbonyl (C=O) groups excluding carboxylic acids is 2. The van der Waals surface area contributed by atoms with E-state index in [1.165, 1.54) is 4.90 Å². The smallest absolute Gasteiger partial charge is 0.264 e. The number of aryl methyl sites for hydroxylation is 3. The molecule has 4 aromatic carbocycles. The number of hydrogen-bond acceptors (Lipinski definition) is 4. The predicted octanol–water partition coefficient (Wildman–Crippen LogP) is 8.20. The second-order valence-electron chi connectivity index (χ2n) is 12.9. The molecule has 0 aliphatic heterocycles. The minimum Gasteiger partial charge on any atom is -0.352 e. The van der Waals surface area contributed by atoms with Crippen LogP contribution in [0.2, 0.25) is 10.0 Å². The summed E-state index contributed by atoms with van der Waals surface area (Å²) in [6.45, 7) is 5.21. The largest absolute Gasteiger partial charge is 0.352 e. The fourth-order valence-corrected chi connectivity index (χ4v) is 7.91. The zero-order valence-electron chi connectivity index (χ0n) is 28.2. The first kappa shape index (κ1) is 36.4. The molecule has 5 rings (SSSR count). The van der Waals surface area contributed by atoms with E-state index in [4.69, 9.17) is 23.2 Å². The number of sulfonamides is 1. The molecule has 1 aliphatic carbocycles. The van der Waals surface area contributed by atoms with Gasteiger partial charge in [-0.05, 0) is 92.3 Å². The molecule has 49 heavy (non-hydrogen) atoms. The molecular formula is C39H43Cl2N3O4S. The molecule has 7 nitrogen and oxygen atoms in total. The van der Waals surface area contributed by atoms with E-state index in [1.807, 2.05) is 57.2 Å². The fraction of sp³-hybridized carbons (Fsp3) is 0.333. The summed E-state index contributed by atoms with van der Waals surface area (Å²) in [7, 11) is -4.20. The molecule has 1 N–H and O–H groups in total. The minimum atomic E-state index is -4.20. The van der Waals surface area contributed by atoms with Crippen LogP contribution in [0, 0.1) is 20.8 Å². The van der Waals surface area contributed by atoms with Crippen LogP contribution in [0.15, 0.2) is 95.9 Å². The molecule has 1 fully saturated rings. The highest BCUT2D eigenvalue weighted by atomic mass is 35.5. The molecule has 0 radical (unpaired) electrons. The Morgan fingerprint density at radius 1 is 0.796 bits per heavy atom. The molecule has 0 spiro atoms. The summed E-state index contributed by atoms with van der Waals surface area (Å²) >= 11 is 12.6. The molecule has 0 bridgehead atoms. The highest BCUT2D eigenvalue weighted by Crippen LogP contribution is 2.29. The quantitative estimate of drug-likeness (QED) is 0.160. The van der Waals surface area contributed by atoms with Crippen LogP contribution in [0.3, 0.4) is 0 Å². The van der Waals surface area contributed by atoms with Crippen molar-refractivity contribution in [1.29, 1.82) is 0 Å². The van der Waals surface area contributed by atoms with Gasteiger partial charge in [-0.3, -0.25) is 13.9 Å². The highest BCUT2D eigenvalue weighted by Gasteiger charge is 2.35. The van der Waals surface area contributed by atoms with Crippen molar-refractivity contribution in [3.05, 3.63) is 129 Å². The Balaban J connectivity index is 1.59. The van der Waals surface area contributed by atoms with Crippen LogP contribution in [-0.4, -0.2) is 43.8 Å². The van der Waals surface area contributed by atoms with Crippen LogP contribution in [0.1, 0.15) is 59.9 Å². The van der Waals surface area contributed by atoms with Crippen molar-refractivity contribution in [2.24, 2.45) is 0 Å². The maximum absolute atomic E-state index is 14.8. The number of amides is 2. The third-order valence-corrected chi connectivity index (χ3v) is 11.8. The van der Waals surface area contributed by atoms with Crippen molar-refractivity contribution >= 4 is 50.7 Å². The summed E-state index contributed by atoms with van der Waals surface area (Å²) in [5, 5.41) is 3.91. The van der Waals surface area contributed by atoms with E-state index in [-0.39, 0.29) is 29.8 Å². The number of hydrogen-bond donors (Lipinski definition) is 1. The van der Waals surface area contributed by atoms with E-state index in [9.17, 15) is 18.0 Å². The maximum Gasteiger partial charge on any atom is 0.264 e. The lowest BCUT2D eigenvalue weighted by atomic mass is 9.94. The molecular weight excluding hydrogens is 677 g/mol. The molecule has 4 aromatic rings. The second-order valence-corrected chi connectivity index (χ2v) is 15.6. The summed E-state index contributed by atoms with van der Waals surface area (Å²) in [4.78, 5) is 30.6. The molecule has 1 unspecified atom stereocenters. The zero-order chi connectivity index (χ0) is 35.1. The van der Waals surface area contributed by atoms with E-state index in [2.05, 4.69) is 5.32 Å². The lowest BCUT2D eigenvalue weighted by Gasteiger charge is -2.35. The molecule has 1 saturated carbocycles. The van der Waals surface area contributed by atoms with Crippen LogP contribution >= 0.6 is 23.2 Å². The van der Waals surface area contributed by atoms with Gasteiger partial charge in [0.05, 0.1) is 20.6 Å². The van der Waals surface area contributed by atoms with Crippen molar-refractivity contribution in [1.82, 2.24) is 10.2 Å². The summed E-state index contributed by atoms with van der Waals surface area (Å²) in [6, 6.07) is 25.6. The van der Waals surface area contributed by atoms with Gasteiger partial charge in [-0.2, -0.15) is 0 Å². The standard InChI is InChI=1S/C39H43Cl2N3O4S/c1-27-14-19-34(20-15-27)49(47,48)44(33-18-16-28(2)29(3)22-33)26-38(45)43(25-31-17-21-35(40)36(41)23-31)37(24-30-10-6-4-7-11-30)39(46)42-32-12-8-5-9-13-32/h4,6-7,10-11,14-23,32,37H,5,8-9,12-13,24-26H2,1-3H3,(H,42,46). The van der Waals surface area contributed by atoms with Crippen LogP contribution in [0.25, 0.3) is 0 Å². The van der Waals surface area contributed by atoms with Crippen LogP contribution in [-0.2, 0) is 32.6 Å². The molecule has 0 heterocycles. The molecule has 10 heteroatoms. The van der Waals surface area contributed by atoms with Gasteiger partial charge in [0.2, 0.25) is 11.8 Å². The Morgan fingerprint density at radius 3 is 2.14 bits per heavy atom. The number of rotatable bonds is 12. The van der Waals surface area contributed by atoms with Crippen LogP contribution in [0.5, 0.6) is 0 Å². The predicted molar refractivity (Wildman–Crippen MR) is 198 cm³/mol. The van der Waals surface area contributed by atoms with E-state index in [1.54, 1.807) is 54.6 Å². The average Bonchev–Trinajstić information content (AvgIpc) is 3.09. The Hall–Kier alpha value is -3.85. The van der Waals surface area contributed by atoms with Gasteiger partial charge in [0.15, 0.2) is 0 Å². The van der Waals surface area contributed by atoms with Crippen molar-refractivity contribution < 1.29 is 18.0 Å². The first-order valence-electron chi connectivity index (χ1n) is 16.7. The topological polar surface area (TPSA) is 86.8 Å². The van der Waals surface area contributed by atoms with Crippen molar-refractivity contribution in [2.75, 3.05) is 10.8 Å². The van der Waals surface area contributed by atoms with Crippen molar-refractivity contribution in [3.8, 4) is 0 Å². The Kier molecular flexibility index (Phi) is 12.1. The van der Waals surface area contributed by atoms with Gasteiger partial charge in [0.25, 0.3) is 10.0 Å². The zero-order valence-corrected chi connectivity index (χ0v) is 30.5. The number of carbonyl (C=O) groups is 2. The summed E-state index contributed by atoms with van der Waals surface area (Å²) < 4.78 is 29.8. The lowest BCUT2D eigenvalue weighted by molar-refractivity contribution is -0.140. The van der Waals surface area contributed by atoms with Gasteiger partial charge in [-0.15, -0.1) is 0 Å². The SMILES string of the molecule is Cc1ccc(S(=O)(=O)N(CC(=O)N(Cc2ccc(Cl)c(Cl)c2)C(Cc2ccccc2)C(=O)NC2CCCCC2)c2ccc(C)c(C)c2)cc1.